The molecule has 0 aliphatic carbocycles. The fraction of sp³-hybridized carbons (Fsp3) is 1.00. The summed E-state index contributed by atoms with van der Waals surface area (Å²) in [5, 5.41) is 18.5. The van der Waals surface area contributed by atoms with Gasteiger partial charge in [-0.3, -0.25) is 0 Å². The molecule has 3 unspecified atom stereocenters. The summed E-state index contributed by atoms with van der Waals surface area (Å²) in [5.41, 5.74) is 0. The predicted molar refractivity (Wildman–Crippen MR) is 45.8 cm³/mol. The molecule has 1 aliphatic rings. The van der Waals surface area contributed by atoms with E-state index in [1.807, 2.05) is 13.8 Å². The van der Waals surface area contributed by atoms with Gasteiger partial charge in [-0.05, 0) is 18.8 Å². The van der Waals surface area contributed by atoms with E-state index in [0.717, 1.165) is 12.8 Å². The number of aliphatic hydroxyl groups excluding tert-OH is 2. The lowest BCUT2D eigenvalue weighted by atomic mass is 9.91. The minimum atomic E-state index is -0.354. The maximum Gasteiger partial charge on any atom is 0.0837 e. The van der Waals surface area contributed by atoms with E-state index in [1.54, 1.807) is 0 Å². The zero-order valence-corrected chi connectivity index (χ0v) is 7.73. The Labute approximate surface area is 73.4 Å². The largest absolute Gasteiger partial charge is 0.394 e. The quantitative estimate of drug-likeness (QED) is 0.642. The fourth-order valence-corrected chi connectivity index (χ4v) is 1.73. The summed E-state index contributed by atoms with van der Waals surface area (Å²) in [6, 6.07) is 0. The van der Waals surface area contributed by atoms with Crippen LogP contribution in [0.1, 0.15) is 26.7 Å². The van der Waals surface area contributed by atoms with Crippen LogP contribution >= 0.6 is 0 Å². The van der Waals surface area contributed by atoms with Crippen LogP contribution in [0, 0.1) is 5.92 Å². The van der Waals surface area contributed by atoms with Crippen LogP contribution in [0.2, 0.25) is 0 Å². The molecule has 4 atom stereocenters. The monoisotopic (exact) mass is 174 g/mol. The highest BCUT2D eigenvalue weighted by Gasteiger charge is 2.33. The molecule has 0 amide bonds. The van der Waals surface area contributed by atoms with Crippen LogP contribution in [0.5, 0.6) is 0 Å². The lowest BCUT2D eigenvalue weighted by molar-refractivity contribution is -0.153. The number of hydrogen-bond acceptors (Lipinski definition) is 3. The standard InChI is InChI=1S/C9H18O3/c1-3-8-7(11)4-6(2)9(5-10)12-8/h6-11H,3-5H2,1-2H3/t6?,7-,8?,9?/m0/s1. The Morgan fingerprint density at radius 1 is 1.42 bits per heavy atom. The SMILES string of the molecule is CCC1OC(CO)C(C)C[C@@H]1O. The van der Waals surface area contributed by atoms with Crippen LogP contribution in [0.3, 0.4) is 0 Å². The number of aliphatic hydroxyl groups is 2. The third-order valence-electron chi connectivity index (χ3n) is 2.61. The molecule has 12 heavy (non-hydrogen) atoms. The highest BCUT2D eigenvalue weighted by molar-refractivity contribution is 4.81. The molecule has 0 bridgehead atoms. The fourth-order valence-electron chi connectivity index (χ4n) is 1.73. The van der Waals surface area contributed by atoms with Crippen molar-refractivity contribution in [1.82, 2.24) is 0 Å². The van der Waals surface area contributed by atoms with Crippen LogP contribution in [0.25, 0.3) is 0 Å². The lowest BCUT2D eigenvalue weighted by Gasteiger charge is -2.37. The summed E-state index contributed by atoms with van der Waals surface area (Å²) < 4.78 is 5.51. The van der Waals surface area contributed by atoms with Crippen LogP contribution in [-0.2, 0) is 4.74 Å². The summed E-state index contributed by atoms with van der Waals surface area (Å²) in [4.78, 5) is 0. The van der Waals surface area contributed by atoms with E-state index in [0.29, 0.717) is 0 Å². The third-order valence-corrected chi connectivity index (χ3v) is 2.61. The van der Waals surface area contributed by atoms with Crippen molar-refractivity contribution in [1.29, 1.82) is 0 Å². The first-order chi connectivity index (χ1) is 5.69. The van der Waals surface area contributed by atoms with Gasteiger partial charge in [-0.25, -0.2) is 0 Å². The summed E-state index contributed by atoms with van der Waals surface area (Å²) in [6.07, 6.45) is 1.03. The van der Waals surface area contributed by atoms with Gasteiger partial charge in [0.25, 0.3) is 0 Å². The van der Waals surface area contributed by atoms with Gasteiger partial charge in [-0.2, -0.15) is 0 Å². The van der Waals surface area contributed by atoms with Gasteiger partial charge in [0.05, 0.1) is 24.9 Å². The Kier molecular flexibility index (Phi) is 3.50. The van der Waals surface area contributed by atoms with Crippen molar-refractivity contribution >= 4 is 0 Å². The topological polar surface area (TPSA) is 49.7 Å². The Bertz CT molecular complexity index is 124. The molecule has 1 aliphatic heterocycles. The first-order valence-corrected chi connectivity index (χ1v) is 4.63. The van der Waals surface area contributed by atoms with Gasteiger partial charge in [0.1, 0.15) is 0 Å². The summed E-state index contributed by atoms with van der Waals surface area (Å²) in [7, 11) is 0. The van der Waals surface area contributed by atoms with E-state index >= 15 is 0 Å². The molecule has 1 heterocycles. The molecule has 72 valence electrons. The second kappa shape index (κ2) is 4.21. The average molecular weight is 174 g/mol. The van der Waals surface area contributed by atoms with E-state index in [4.69, 9.17) is 9.84 Å². The van der Waals surface area contributed by atoms with Crippen molar-refractivity contribution in [3.8, 4) is 0 Å². The van der Waals surface area contributed by atoms with Gasteiger partial charge >= 0.3 is 0 Å². The Morgan fingerprint density at radius 3 is 2.58 bits per heavy atom. The molecule has 3 heteroatoms. The zero-order chi connectivity index (χ0) is 9.14. The highest BCUT2D eigenvalue weighted by Crippen LogP contribution is 2.26. The van der Waals surface area contributed by atoms with Crippen molar-refractivity contribution in [2.45, 2.75) is 45.0 Å². The second-order valence-electron chi connectivity index (χ2n) is 3.58. The lowest BCUT2D eigenvalue weighted by Crippen LogP contribution is -2.44. The third kappa shape index (κ3) is 1.97. The number of ether oxygens (including phenoxy) is 1. The van der Waals surface area contributed by atoms with Crippen molar-refractivity contribution in [2.75, 3.05) is 6.61 Å². The van der Waals surface area contributed by atoms with Crippen LogP contribution in [-0.4, -0.2) is 35.1 Å². The van der Waals surface area contributed by atoms with Crippen LogP contribution in [0.15, 0.2) is 0 Å². The number of rotatable bonds is 2. The highest BCUT2D eigenvalue weighted by atomic mass is 16.5. The van der Waals surface area contributed by atoms with Crippen molar-refractivity contribution in [2.24, 2.45) is 5.92 Å². The van der Waals surface area contributed by atoms with E-state index < -0.39 is 0 Å². The first kappa shape index (κ1) is 9.96. The van der Waals surface area contributed by atoms with E-state index in [9.17, 15) is 5.11 Å². The van der Waals surface area contributed by atoms with Gasteiger partial charge in [0, 0.05) is 0 Å². The van der Waals surface area contributed by atoms with Gasteiger partial charge in [0.15, 0.2) is 0 Å². The summed E-state index contributed by atoms with van der Waals surface area (Å²) in [6.45, 7) is 4.04. The normalized spacial score (nSPS) is 43.0. The number of hydrogen-bond donors (Lipinski definition) is 2. The van der Waals surface area contributed by atoms with Crippen LogP contribution < -0.4 is 0 Å². The molecule has 0 spiro atoms. The Hall–Kier alpha value is -0.120. The van der Waals surface area contributed by atoms with Crippen molar-refractivity contribution < 1.29 is 14.9 Å². The summed E-state index contributed by atoms with van der Waals surface area (Å²) >= 11 is 0. The van der Waals surface area contributed by atoms with Gasteiger partial charge in [0.2, 0.25) is 0 Å². The maximum absolute atomic E-state index is 9.55. The first-order valence-electron chi connectivity index (χ1n) is 4.63. The molecule has 1 saturated heterocycles. The van der Waals surface area contributed by atoms with E-state index in [1.165, 1.54) is 0 Å². The molecule has 0 aromatic rings. The molecule has 0 aromatic heterocycles. The summed E-state index contributed by atoms with van der Waals surface area (Å²) in [5.74, 6) is 0.257. The molecule has 0 saturated carbocycles. The van der Waals surface area contributed by atoms with Crippen molar-refractivity contribution in [3.05, 3.63) is 0 Å². The van der Waals surface area contributed by atoms with Gasteiger partial charge in [-0.15, -0.1) is 0 Å². The molecular weight excluding hydrogens is 156 g/mol. The molecule has 1 rings (SSSR count). The Balaban J connectivity index is 2.50. The molecular formula is C9H18O3. The van der Waals surface area contributed by atoms with Gasteiger partial charge in [-0.1, -0.05) is 13.8 Å². The molecule has 2 N–H and O–H groups in total. The zero-order valence-electron chi connectivity index (χ0n) is 7.73. The average Bonchev–Trinajstić information content (AvgIpc) is 2.05. The molecule has 3 nitrogen and oxygen atoms in total. The van der Waals surface area contributed by atoms with Crippen molar-refractivity contribution in [3.63, 3.8) is 0 Å². The second-order valence-corrected chi connectivity index (χ2v) is 3.58. The van der Waals surface area contributed by atoms with E-state index in [-0.39, 0.29) is 30.8 Å². The minimum absolute atomic E-state index is 0.0599. The Morgan fingerprint density at radius 2 is 2.08 bits per heavy atom. The molecule has 0 radical (unpaired) electrons. The van der Waals surface area contributed by atoms with Crippen LogP contribution in [0.4, 0.5) is 0 Å². The predicted octanol–water partition coefficient (Wildman–Crippen LogP) is 0.543. The molecule has 1 fully saturated rings. The minimum Gasteiger partial charge on any atom is -0.394 e. The smallest absolute Gasteiger partial charge is 0.0837 e. The molecule has 0 aromatic carbocycles. The maximum atomic E-state index is 9.55. The van der Waals surface area contributed by atoms with Gasteiger partial charge < -0.3 is 14.9 Å². The van der Waals surface area contributed by atoms with E-state index in [2.05, 4.69) is 0 Å².